The minimum atomic E-state index is -4.07. The van der Waals surface area contributed by atoms with Crippen LogP contribution in [-0.2, 0) is 10.0 Å². The van der Waals surface area contributed by atoms with Crippen LogP contribution in [-0.4, -0.2) is 43.2 Å². The third-order valence-corrected chi connectivity index (χ3v) is 5.10. The quantitative estimate of drug-likeness (QED) is 0.895. The predicted octanol–water partition coefficient (Wildman–Crippen LogP) is 0.791. The molecule has 1 aromatic carbocycles. The van der Waals surface area contributed by atoms with Crippen molar-refractivity contribution in [1.29, 1.82) is 5.26 Å². The van der Waals surface area contributed by atoms with Gasteiger partial charge in [0.2, 0.25) is 10.0 Å². The predicted molar refractivity (Wildman–Crippen MR) is 65.4 cm³/mol. The van der Waals surface area contributed by atoms with Gasteiger partial charge in [-0.2, -0.15) is 9.57 Å². The molecule has 1 aliphatic heterocycles. The Hall–Kier alpha value is -1.56. The summed E-state index contributed by atoms with van der Waals surface area (Å²) in [6, 6.07) is 3.51. The number of halogens is 2. The number of benzene rings is 1. The van der Waals surface area contributed by atoms with Gasteiger partial charge in [0.15, 0.2) is 0 Å². The zero-order valence-electron chi connectivity index (χ0n) is 10.3. The molecule has 1 fully saturated rings. The fraction of sp³-hybridized carbons (Fsp3) is 0.417. The second-order valence-corrected chi connectivity index (χ2v) is 6.39. The third-order valence-electron chi connectivity index (χ3n) is 3.19. The smallest absolute Gasteiger partial charge is 0.243 e. The second-order valence-electron chi connectivity index (χ2n) is 4.50. The van der Waals surface area contributed by atoms with Crippen molar-refractivity contribution in [3.8, 4) is 6.07 Å². The molecule has 1 N–H and O–H groups in total. The van der Waals surface area contributed by atoms with E-state index in [1.54, 1.807) is 6.07 Å². The summed E-state index contributed by atoms with van der Waals surface area (Å²) in [6.07, 6.45) is -1.43. The van der Waals surface area contributed by atoms with Crippen molar-refractivity contribution >= 4 is 10.0 Å². The number of hydrogen-bond acceptors (Lipinski definition) is 4. The maximum absolute atomic E-state index is 13.3. The molecular weight excluding hydrogens is 290 g/mol. The molecule has 2 rings (SSSR count). The normalized spacial score (nSPS) is 23.7. The van der Waals surface area contributed by atoms with Crippen LogP contribution in [0.1, 0.15) is 12.0 Å². The standard InChI is InChI=1S/C12H12F2N2O3S/c13-9-4-10(7-17)16(6-9)20(18,19)11-1-2-12(14)8(3-11)5-15/h1-3,9-10,17H,4,6-7H2/t9-,10-/m0/s1. The van der Waals surface area contributed by atoms with Crippen molar-refractivity contribution in [3.63, 3.8) is 0 Å². The number of rotatable bonds is 3. The van der Waals surface area contributed by atoms with E-state index in [-0.39, 0.29) is 17.9 Å². The van der Waals surface area contributed by atoms with Gasteiger partial charge in [0.25, 0.3) is 0 Å². The SMILES string of the molecule is N#Cc1cc(S(=O)(=O)N2C[C@@H](F)C[C@H]2CO)ccc1F. The number of nitrogens with zero attached hydrogens (tertiary/aromatic N) is 2. The maximum atomic E-state index is 13.3. The van der Waals surface area contributed by atoms with E-state index < -0.39 is 40.2 Å². The number of hydrogen-bond donors (Lipinski definition) is 1. The summed E-state index contributed by atoms with van der Waals surface area (Å²) in [5.41, 5.74) is -0.400. The van der Waals surface area contributed by atoms with Gasteiger partial charge >= 0.3 is 0 Å². The summed E-state index contributed by atoms with van der Waals surface area (Å²) in [5.74, 6) is -0.824. The van der Waals surface area contributed by atoms with Crippen molar-refractivity contribution in [2.75, 3.05) is 13.2 Å². The maximum Gasteiger partial charge on any atom is 0.243 e. The van der Waals surface area contributed by atoms with Gasteiger partial charge in [-0.15, -0.1) is 0 Å². The van der Waals surface area contributed by atoms with E-state index in [4.69, 9.17) is 10.4 Å². The van der Waals surface area contributed by atoms with E-state index in [9.17, 15) is 17.2 Å². The summed E-state index contributed by atoms with van der Waals surface area (Å²) < 4.78 is 52.1. The highest BCUT2D eigenvalue weighted by molar-refractivity contribution is 7.89. The van der Waals surface area contributed by atoms with Crippen LogP contribution in [0.4, 0.5) is 8.78 Å². The van der Waals surface area contributed by atoms with Crippen LogP contribution in [0.3, 0.4) is 0 Å². The van der Waals surface area contributed by atoms with Gasteiger partial charge in [0, 0.05) is 6.54 Å². The van der Waals surface area contributed by atoms with Gasteiger partial charge < -0.3 is 5.11 Å². The lowest BCUT2D eigenvalue weighted by molar-refractivity contribution is 0.213. The first kappa shape index (κ1) is 14.8. The number of aliphatic hydroxyl groups excluding tert-OH is 1. The van der Waals surface area contributed by atoms with Gasteiger partial charge in [-0.1, -0.05) is 0 Å². The average molecular weight is 302 g/mol. The van der Waals surface area contributed by atoms with Crippen LogP contribution in [0.2, 0.25) is 0 Å². The highest BCUT2D eigenvalue weighted by Crippen LogP contribution is 2.28. The summed E-state index contributed by atoms with van der Waals surface area (Å²) in [4.78, 5) is -0.289. The molecule has 0 aliphatic carbocycles. The first-order valence-electron chi connectivity index (χ1n) is 5.86. The third kappa shape index (κ3) is 2.52. The van der Waals surface area contributed by atoms with Crippen molar-refractivity contribution in [2.24, 2.45) is 0 Å². The Morgan fingerprint density at radius 1 is 1.50 bits per heavy atom. The zero-order valence-corrected chi connectivity index (χ0v) is 11.1. The summed E-state index contributed by atoms with van der Waals surface area (Å²) in [5, 5.41) is 17.8. The monoisotopic (exact) mass is 302 g/mol. The van der Waals surface area contributed by atoms with Crippen LogP contribution in [0, 0.1) is 17.1 Å². The molecule has 0 bridgehead atoms. The molecule has 1 aromatic rings. The van der Waals surface area contributed by atoms with Crippen molar-refractivity contribution in [1.82, 2.24) is 4.31 Å². The second kappa shape index (κ2) is 5.44. The summed E-state index contributed by atoms with van der Waals surface area (Å²) in [6.45, 7) is -0.848. The van der Waals surface area contributed by atoms with Crippen LogP contribution < -0.4 is 0 Å². The number of nitriles is 1. The van der Waals surface area contributed by atoms with Gasteiger partial charge in [-0.3, -0.25) is 0 Å². The van der Waals surface area contributed by atoms with Crippen molar-refractivity contribution in [2.45, 2.75) is 23.5 Å². The van der Waals surface area contributed by atoms with E-state index in [1.807, 2.05) is 0 Å². The van der Waals surface area contributed by atoms with Gasteiger partial charge in [0.1, 0.15) is 18.1 Å². The largest absolute Gasteiger partial charge is 0.395 e. The first-order chi connectivity index (χ1) is 9.40. The molecule has 20 heavy (non-hydrogen) atoms. The molecule has 0 spiro atoms. The number of aliphatic hydroxyl groups is 1. The van der Waals surface area contributed by atoms with Crippen LogP contribution >= 0.6 is 0 Å². The molecule has 0 amide bonds. The molecule has 2 atom stereocenters. The van der Waals surface area contributed by atoms with E-state index in [2.05, 4.69) is 0 Å². The lowest BCUT2D eigenvalue weighted by Gasteiger charge is -2.22. The molecule has 8 heteroatoms. The number of sulfonamides is 1. The van der Waals surface area contributed by atoms with Crippen LogP contribution in [0.25, 0.3) is 0 Å². The van der Waals surface area contributed by atoms with Crippen LogP contribution in [0.15, 0.2) is 23.1 Å². The Labute approximate surface area is 115 Å². The molecule has 5 nitrogen and oxygen atoms in total. The Morgan fingerprint density at radius 2 is 2.20 bits per heavy atom. The molecule has 0 radical (unpaired) electrons. The van der Waals surface area contributed by atoms with Gasteiger partial charge in [-0.25, -0.2) is 17.2 Å². The molecule has 1 heterocycles. The van der Waals surface area contributed by atoms with E-state index in [0.717, 1.165) is 22.5 Å². The molecule has 1 saturated heterocycles. The van der Waals surface area contributed by atoms with E-state index >= 15 is 0 Å². The molecule has 108 valence electrons. The highest BCUT2D eigenvalue weighted by atomic mass is 32.2. The fourth-order valence-corrected chi connectivity index (χ4v) is 3.86. The Morgan fingerprint density at radius 3 is 2.80 bits per heavy atom. The van der Waals surface area contributed by atoms with E-state index in [1.165, 1.54) is 0 Å². The Balaban J connectivity index is 2.43. The highest BCUT2D eigenvalue weighted by Gasteiger charge is 2.40. The molecule has 0 saturated carbocycles. The zero-order chi connectivity index (χ0) is 14.9. The average Bonchev–Trinajstić information content (AvgIpc) is 2.81. The number of alkyl halides is 1. The topological polar surface area (TPSA) is 81.4 Å². The molecule has 0 aromatic heterocycles. The molecule has 1 aliphatic rings. The lowest BCUT2D eigenvalue weighted by atomic mass is 10.2. The minimum Gasteiger partial charge on any atom is -0.395 e. The fourth-order valence-electron chi connectivity index (χ4n) is 2.18. The van der Waals surface area contributed by atoms with Crippen molar-refractivity contribution in [3.05, 3.63) is 29.6 Å². The summed E-state index contributed by atoms with van der Waals surface area (Å²) >= 11 is 0. The van der Waals surface area contributed by atoms with Gasteiger partial charge in [-0.05, 0) is 24.6 Å². The van der Waals surface area contributed by atoms with E-state index in [0.29, 0.717) is 0 Å². The molecule has 0 unspecified atom stereocenters. The minimum absolute atomic E-state index is 0.0813. The Kier molecular flexibility index (Phi) is 4.04. The lowest BCUT2D eigenvalue weighted by Crippen LogP contribution is -2.37. The van der Waals surface area contributed by atoms with Crippen molar-refractivity contribution < 1.29 is 22.3 Å². The van der Waals surface area contributed by atoms with Crippen LogP contribution in [0.5, 0.6) is 0 Å². The molecular formula is C12H12F2N2O3S. The summed E-state index contributed by atoms with van der Waals surface area (Å²) in [7, 11) is -4.07. The van der Waals surface area contributed by atoms with Gasteiger partial charge in [0.05, 0.1) is 23.1 Å². The first-order valence-corrected chi connectivity index (χ1v) is 7.30. The Bertz CT molecular complexity index is 657.